The third-order valence-corrected chi connectivity index (χ3v) is 2.87. The van der Waals surface area contributed by atoms with Crippen LogP contribution in [0.2, 0.25) is 0 Å². The number of carbonyl (C=O) groups excluding carboxylic acids is 1. The number of hydrogen-bond acceptors (Lipinski definition) is 4. The van der Waals surface area contributed by atoms with Crippen molar-refractivity contribution in [1.82, 2.24) is 15.5 Å². The average molecular weight is 260 g/mol. The Hall–Kier alpha value is -2.50. The number of H-pyrrole nitrogens is 1. The molecule has 19 heavy (non-hydrogen) atoms. The van der Waals surface area contributed by atoms with E-state index in [9.17, 15) is 4.79 Å². The zero-order valence-corrected chi connectivity index (χ0v) is 10.9. The van der Waals surface area contributed by atoms with Crippen LogP contribution in [0.5, 0.6) is 5.75 Å². The number of methoxy groups -OCH3 is 1. The Bertz CT molecular complexity index is 592. The maximum Gasteiger partial charge on any atom is 0.251 e. The highest BCUT2D eigenvalue weighted by atomic mass is 16.5. The fourth-order valence-corrected chi connectivity index (χ4v) is 1.71. The minimum atomic E-state index is -0.185. The van der Waals surface area contributed by atoms with Crippen LogP contribution in [0.15, 0.2) is 24.4 Å². The highest BCUT2D eigenvalue weighted by molar-refractivity contribution is 5.95. The number of nitrogens with one attached hydrogen (secondary N) is 2. The van der Waals surface area contributed by atoms with Crippen molar-refractivity contribution in [3.05, 3.63) is 41.2 Å². The number of aromatic nitrogens is 2. The lowest BCUT2D eigenvalue weighted by atomic mass is 10.1. The van der Waals surface area contributed by atoms with Gasteiger partial charge in [0.15, 0.2) is 0 Å². The van der Waals surface area contributed by atoms with E-state index >= 15 is 0 Å². The molecule has 0 aliphatic heterocycles. The standard InChI is InChI=1S/C13H16N4O2/c1-8-10(7-16-17-8)6-15-13(18)9-3-4-12(19-2)11(14)5-9/h3-5,7H,6,14H2,1-2H3,(H,15,18)(H,16,17). The number of benzene rings is 1. The number of nitrogen functional groups attached to an aromatic ring is 1. The summed E-state index contributed by atoms with van der Waals surface area (Å²) in [6.07, 6.45) is 1.69. The lowest BCUT2D eigenvalue weighted by Crippen LogP contribution is -2.23. The van der Waals surface area contributed by atoms with Crippen LogP contribution in [0, 0.1) is 6.92 Å². The number of hydrogen-bond donors (Lipinski definition) is 3. The van der Waals surface area contributed by atoms with Crippen molar-refractivity contribution >= 4 is 11.6 Å². The van der Waals surface area contributed by atoms with Gasteiger partial charge in [-0.1, -0.05) is 0 Å². The van der Waals surface area contributed by atoms with Gasteiger partial charge < -0.3 is 15.8 Å². The molecule has 0 aliphatic carbocycles. The van der Waals surface area contributed by atoms with E-state index in [1.165, 1.54) is 7.11 Å². The number of aryl methyl sites for hydroxylation is 1. The molecular formula is C13H16N4O2. The topological polar surface area (TPSA) is 93.0 Å². The molecule has 0 unspecified atom stereocenters. The van der Waals surface area contributed by atoms with Gasteiger partial charge in [0.2, 0.25) is 0 Å². The van der Waals surface area contributed by atoms with Gasteiger partial charge in [-0.15, -0.1) is 0 Å². The summed E-state index contributed by atoms with van der Waals surface area (Å²) in [5.74, 6) is 0.372. The molecular weight excluding hydrogens is 244 g/mol. The maximum absolute atomic E-state index is 12.0. The fraction of sp³-hybridized carbons (Fsp3) is 0.231. The Morgan fingerprint density at radius 1 is 1.53 bits per heavy atom. The van der Waals surface area contributed by atoms with Crippen LogP contribution in [0.4, 0.5) is 5.69 Å². The Kier molecular flexibility index (Phi) is 3.70. The molecule has 0 bridgehead atoms. The summed E-state index contributed by atoms with van der Waals surface area (Å²) in [5.41, 5.74) is 8.60. The molecule has 2 aromatic rings. The summed E-state index contributed by atoms with van der Waals surface area (Å²) in [7, 11) is 1.53. The maximum atomic E-state index is 12.0. The average Bonchev–Trinajstić information content (AvgIpc) is 2.81. The van der Waals surface area contributed by atoms with Crippen molar-refractivity contribution in [3.8, 4) is 5.75 Å². The third kappa shape index (κ3) is 2.85. The Balaban J connectivity index is 2.04. The molecule has 1 heterocycles. The first-order valence-corrected chi connectivity index (χ1v) is 5.82. The number of ether oxygens (including phenoxy) is 1. The van der Waals surface area contributed by atoms with Crippen molar-refractivity contribution in [2.75, 3.05) is 12.8 Å². The highest BCUT2D eigenvalue weighted by Gasteiger charge is 2.09. The largest absolute Gasteiger partial charge is 0.495 e. The second kappa shape index (κ2) is 5.43. The van der Waals surface area contributed by atoms with Gasteiger partial charge in [-0.2, -0.15) is 5.10 Å². The van der Waals surface area contributed by atoms with Gasteiger partial charge in [0.25, 0.3) is 5.91 Å². The van der Waals surface area contributed by atoms with E-state index in [2.05, 4.69) is 15.5 Å². The van der Waals surface area contributed by atoms with Gasteiger partial charge in [-0.05, 0) is 25.1 Å². The lowest BCUT2D eigenvalue weighted by Gasteiger charge is -2.08. The number of anilines is 1. The number of amides is 1. The smallest absolute Gasteiger partial charge is 0.251 e. The molecule has 0 aliphatic rings. The predicted molar refractivity (Wildman–Crippen MR) is 71.9 cm³/mol. The van der Waals surface area contributed by atoms with E-state index in [1.807, 2.05) is 6.92 Å². The minimum absolute atomic E-state index is 0.185. The van der Waals surface area contributed by atoms with Gasteiger partial charge in [-0.3, -0.25) is 9.89 Å². The molecule has 0 fully saturated rings. The first-order chi connectivity index (χ1) is 9.11. The van der Waals surface area contributed by atoms with Crippen LogP contribution < -0.4 is 15.8 Å². The molecule has 1 aromatic carbocycles. The van der Waals surface area contributed by atoms with E-state index < -0.39 is 0 Å². The molecule has 0 saturated carbocycles. The van der Waals surface area contributed by atoms with Crippen LogP contribution >= 0.6 is 0 Å². The number of nitrogens with zero attached hydrogens (tertiary/aromatic N) is 1. The Morgan fingerprint density at radius 3 is 2.89 bits per heavy atom. The van der Waals surface area contributed by atoms with Crippen LogP contribution in [0.25, 0.3) is 0 Å². The molecule has 6 nitrogen and oxygen atoms in total. The van der Waals surface area contributed by atoms with Gasteiger partial charge in [0.05, 0.1) is 19.0 Å². The predicted octanol–water partition coefficient (Wildman–Crippen LogP) is 1.24. The number of aromatic amines is 1. The van der Waals surface area contributed by atoms with Crippen LogP contribution in [0.1, 0.15) is 21.6 Å². The van der Waals surface area contributed by atoms with E-state index in [0.29, 0.717) is 23.5 Å². The SMILES string of the molecule is COc1ccc(C(=O)NCc2cn[nH]c2C)cc1N. The first-order valence-electron chi connectivity index (χ1n) is 5.82. The lowest BCUT2D eigenvalue weighted by molar-refractivity contribution is 0.0951. The summed E-state index contributed by atoms with van der Waals surface area (Å²) in [6, 6.07) is 4.94. The van der Waals surface area contributed by atoms with Crippen LogP contribution in [0.3, 0.4) is 0 Å². The van der Waals surface area contributed by atoms with Gasteiger partial charge in [0.1, 0.15) is 5.75 Å². The molecule has 1 aromatic heterocycles. The van der Waals surface area contributed by atoms with E-state index in [-0.39, 0.29) is 5.91 Å². The van der Waals surface area contributed by atoms with Gasteiger partial charge in [0, 0.05) is 23.4 Å². The quantitative estimate of drug-likeness (QED) is 0.721. The van der Waals surface area contributed by atoms with Crippen molar-refractivity contribution in [2.45, 2.75) is 13.5 Å². The minimum Gasteiger partial charge on any atom is -0.495 e. The van der Waals surface area contributed by atoms with Crippen molar-refractivity contribution < 1.29 is 9.53 Å². The summed E-state index contributed by atoms with van der Waals surface area (Å²) in [4.78, 5) is 12.0. The molecule has 100 valence electrons. The summed E-state index contributed by atoms with van der Waals surface area (Å²) in [5, 5.41) is 9.53. The first kappa shape index (κ1) is 12.9. The molecule has 0 atom stereocenters. The molecule has 0 saturated heterocycles. The van der Waals surface area contributed by atoms with Gasteiger partial charge >= 0.3 is 0 Å². The normalized spacial score (nSPS) is 10.2. The molecule has 0 radical (unpaired) electrons. The van der Waals surface area contributed by atoms with E-state index in [0.717, 1.165) is 11.3 Å². The summed E-state index contributed by atoms with van der Waals surface area (Å²) >= 11 is 0. The van der Waals surface area contributed by atoms with E-state index in [1.54, 1.807) is 24.4 Å². The number of rotatable bonds is 4. The fourth-order valence-electron chi connectivity index (χ4n) is 1.71. The third-order valence-electron chi connectivity index (χ3n) is 2.87. The van der Waals surface area contributed by atoms with E-state index in [4.69, 9.17) is 10.5 Å². The molecule has 6 heteroatoms. The number of carbonyl (C=O) groups is 1. The second-order valence-corrected chi connectivity index (χ2v) is 4.16. The van der Waals surface area contributed by atoms with Crippen LogP contribution in [-0.4, -0.2) is 23.2 Å². The molecule has 4 N–H and O–H groups in total. The Labute approximate surface area is 111 Å². The zero-order chi connectivity index (χ0) is 13.8. The molecule has 2 rings (SSSR count). The summed E-state index contributed by atoms with van der Waals surface area (Å²) in [6.45, 7) is 2.33. The molecule has 0 spiro atoms. The summed E-state index contributed by atoms with van der Waals surface area (Å²) < 4.78 is 5.05. The monoisotopic (exact) mass is 260 g/mol. The Morgan fingerprint density at radius 2 is 2.32 bits per heavy atom. The van der Waals surface area contributed by atoms with Crippen molar-refractivity contribution in [3.63, 3.8) is 0 Å². The van der Waals surface area contributed by atoms with Crippen molar-refractivity contribution in [2.24, 2.45) is 0 Å². The second-order valence-electron chi connectivity index (χ2n) is 4.16. The highest BCUT2D eigenvalue weighted by Crippen LogP contribution is 2.21. The molecule has 1 amide bonds. The van der Waals surface area contributed by atoms with Crippen LogP contribution in [-0.2, 0) is 6.54 Å². The van der Waals surface area contributed by atoms with Gasteiger partial charge in [-0.25, -0.2) is 0 Å². The zero-order valence-electron chi connectivity index (χ0n) is 10.9. The van der Waals surface area contributed by atoms with Crippen molar-refractivity contribution in [1.29, 1.82) is 0 Å². The number of nitrogens with two attached hydrogens (primary N) is 1.